The summed E-state index contributed by atoms with van der Waals surface area (Å²) >= 11 is 3.17. The van der Waals surface area contributed by atoms with Crippen molar-refractivity contribution in [3.63, 3.8) is 0 Å². The summed E-state index contributed by atoms with van der Waals surface area (Å²) in [6, 6.07) is 2.87. The molecule has 5 nitrogen and oxygen atoms in total. The molecule has 116 valence electrons. The molecule has 21 heavy (non-hydrogen) atoms. The third kappa shape index (κ3) is 4.18. The summed E-state index contributed by atoms with van der Waals surface area (Å²) < 4.78 is 34.0. The molecule has 1 fully saturated rings. The number of hydrogen-bond donors (Lipinski definition) is 0. The Morgan fingerprint density at radius 2 is 2.24 bits per heavy atom. The van der Waals surface area contributed by atoms with Crippen LogP contribution in [0.15, 0.2) is 21.5 Å². The van der Waals surface area contributed by atoms with Crippen LogP contribution in [0.25, 0.3) is 0 Å². The standard InChI is InChI=1S/C13H14BrClO5S/c1-8-11(5-9(14)6-12(8)21(15,17)18)13(16)20-7-10-3-2-4-19-10/h5-6,10H,2-4,7H2,1H3. The molecule has 1 aromatic carbocycles. The van der Waals surface area contributed by atoms with Gasteiger partial charge in [0.05, 0.1) is 16.6 Å². The molecule has 0 amide bonds. The Balaban J connectivity index is 2.22. The van der Waals surface area contributed by atoms with E-state index >= 15 is 0 Å². The maximum absolute atomic E-state index is 12.1. The summed E-state index contributed by atoms with van der Waals surface area (Å²) in [5.74, 6) is -0.592. The number of carbonyl (C=O) groups is 1. The predicted octanol–water partition coefficient (Wildman–Crippen LogP) is 3.02. The van der Waals surface area contributed by atoms with E-state index < -0.39 is 15.0 Å². The first-order valence-electron chi connectivity index (χ1n) is 6.32. The molecule has 1 aliphatic heterocycles. The predicted molar refractivity (Wildman–Crippen MR) is 81.2 cm³/mol. The van der Waals surface area contributed by atoms with Crippen LogP contribution < -0.4 is 0 Å². The average Bonchev–Trinajstić information content (AvgIpc) is 2.90. The molecule has 0 saturated carbocycles. The molecule has 0 spiro atoms. The molecule has 0 bridgehead atoms. The van der Waals surface area contributed by atoms with Crippen molar-refractivity contribution in [1.29, 1.82) is 0 Å². The van der Waals surface area contributed by atoms with Gasteiger partial charge in [0.25, 0.3) is 9.05 Å². The number of halogens is 2. The van der Waals surface area contributed by atoms with Gasteiger partial charge in [-0.05, 0) is 37.5 Å². The highest BCUT2D eigenvalue weighted by molar-refractivity contribution is 9.10. The van der Waals surface area contributed by atoms with Gasteiger partial charge in [0.15, 0.2) is 0 Å². The highest BCUT2D eigenvalue weighted by Crippen LogP contribution is 2.28. The topological polar surface area (TPSA) is 69.7 Å². The van der Waals surface area contributed by atoms with E-state index in [-0.39, 0.29) is 28.7 Å². The molecule has 1 atom stereocenters. The third-order valence-corrected chi connectivity index (χ3v) is 5.14. The molecule has 2 rings (SSSR count). The Morgan fingerprint density at radius 1 is 1.52 bits per heavy atom. The highest BCUT2D eigenvalue weighted by Gasteiger charge is 2.23. The minimum atomic E-state index is -3.93. The first-order valence-corrected chi connectivity index (χ1v) is 9.43. The van der Waals surface area contributed by atoms with E-state index in [1.54, 1.807) is 0 Å². The molecule has 0 N–H and O–H groups in total. The molecular formula is C13H14BrClO5S. The Morgan fingerprint density at radius 3 is 2.81 bits per heavy atom. The van der Waals surface area contributed by atoms with Gasteiger partial charge in [0, 0.05) is 21.8 Å². The van der Waals surface area contributed by atoms with Crippen LogP contribution in [-0.2, 0) is 18.5 Å². The second-order valence-electron chi connectivity index (χ2n) is 4.75. The van der Waals surface area contributed by atoms with Crippen LogP contribution in [0.4, 0.5) is 0 Å². The summed E-state index contributed by atoms with van der Waals surface area (Å²) in [6.45, 7) is 2.35. The van der Waals surface area contributed by atoms with Crippen LogP contribution in [0, 0.1) is 6.92 Å². The minimum absolute atomic E-state index is 0.0855. The Kier molecular flexibility index (Phi) is 5.29. The van der Waals surface area contributed by atoms with E-state index in [4.69, 9.17) is 20.2 Å². The van der Waals surface area contributed by atoms with Gasteiger partial charge in [-0.2, -0.15) is 0 Å². The van der Waals surface area contributed by atoms with Crippen LogP contribution in [0.1, 0.15) is 28.8 Å². The van der Waals surface area contributed by atoms with Crippen molar-refractivity contribution < 1.29 is 22.7 Å². The molecule has 0 radical (unpaired) electrons. The molecule has 1 saturated heterocycles. The van der Waals surface area contributed by atoms with Gasteiger partial charge in [0.2, 0.25) is 0 Å². The van der Waals surface area contributed by atoms with Gasteiger partial charge >= 0.3 is 5.97 Å². The monoisotopic (exact) mass is 396 g/mol. The molecule has 1 aromatic rings. The van der Waals surface area contributed by atoms with Gasteiger partial charge in [-0.25, -0.2) is 13.2 Å². The fraction of sp³-hybridized carbons (Fsp3) is 0.462. The lowest BCUT2D eigenvalue weighted by atomic mass is 10.1. The highest BCUT2D eigenvalue weighted by atomic mass is 79.9. The maximum Gasteiger partial charge on any atom is 0.338 e. The van der Waals surface area contributed by atoms with E-state index in [0.717, 1.165) is 12.8 Å². The number of rotatable bonds is 4. The molecule has 0 aliphatic carbocycles. The summed E-state index contributed by atoms with van der Waals surface area (Å²) in [4.78, 5) is 12.0. The average molecular weight is 398 g/mol. The van der Waals surface area contributed by atoms with E-state index in [1.807, 2.05) is 0 Å². The molecule has 1 unspecified atom stereocenters. The molecule has 1 heterocycles. The first kappa shape index (κ1) is 16.7. The maximum atomic E-state index is 12.1. The van der Waals surface area contributed by atoms with Crippen LogP contribution in [0.3, 0.4) is 0 Å². The van der Waals surface area contributed by atoms with Gasteiger partial charge in [-0.1, -0.05) is 15.9 Å². The zero-order chi connectivity index (χ0) is 15.6. The van der Waals surface area contributed by atoms with Gasteiger partial charge < -0.3 is 9.47 Å². The Hall–Kier alpha value is -0.630. The number of carbonyl (C=O) groups excluding carboxylic acids is 1. The SMILES string of the molecule is Cc1c(C(=O)OCC2CCCO2)cc(Br)cc1S(=O)(=O)Cl. The molecule has 8 heteroatoms. The van der Waals surface area contributed by atoms with Gasteiger partial charge in [0.1, 0.15) is 6.61 Å². The van der Waals surface area contributed by atoms with Crippen LogP contribution >= 0.6 is 26.6 Å². The summed E-state index contributed by atoms with van der Waals surface area (Å²) in [5, 5.41) is 0. The van der Waals surface area contributed by atoms with Crippen molar-refractivity contribution in [2.45, 2.75) is 30.8 Å². The van der Waals surface area contributed by atoms with Crippen LogP contribution in [-0.4, -0.2) is 33.7 Å². The van der Waals surface area contributed by atoms with Crippen molar-refractivity contribution in [1.82, 2.24) is 0 Å². The fourth-order valence-electron chi connectivity index (χ4n) is 2.14. The summed E-state index contributed by atoms with van der Waals surface area (Å²) in [5.41, 5.74) is 0.437. The van der Waals surface area contributed by atoms with Crippen molar-refractivity contribution >= 4 is 41.6 Å². The lowest BCUT2D eigenvalue weighted by Crippen LogP contribution is -2.18. The normalized spacial score (nSPS) is 18.7. The summed E-state index contributed by atoms with van der Waals surface area (Å²) in [6.07, 6.45) is 1.72. The fourth-order valence-corrected chi connectivity index (χ4v) is 3.98. The first-order chi connectivity index (χ1) is 9.79. The quantitative estimate of drug-likeness (QED) is 0.577. The second-order valence-corrected chi connectivity index (χ2v) is 8.20. The zero-order valence-electron chi connectivity index (χ0n) is 11.3. The van der Waals surface area contributed by atoms with E-state index in [2.05, 4.69) is 15.9 Å². The third-order valence-electron chi connectivity index (χ3n) is 3.23. The number of ether oxygens (including phenoxy) is 2. The molecule has 0 aromatic heterocycles. The second kappa shape index (κ2) is 6.64. The van der Waals surface area contributed by atoms with E-state index in [9.17, 15) is 13.2 Å². The summed E-state index contributed by atoms with van der Waals surface area (Å²) in [7, 11) is 1.44. The molecular weight excluding hydrogens is 384 g/mol. The van der Waals surface area contributed by atoms with Crippen molar-refractivity contribution in [2.24, 2.45) is 0 Å². The lowest BCUT2D eigenvalue weighted by Gasteiger charge is -2.13. The number of esters is 1. The smallest absolute Gasteiger partial charge is 0.338 e. The Labute approximate surface area is 136 Å². The molecule has 1 aliphatic rings. The number of benzene rings is 1. The van der Waals surface area contributed by atoms with Crippen molar-refractivity contribution in [3.8, 4) is 0 Å². The van der Waals surface area contributed by atoms with Crippen molar-refractivity contribution in [3.05, 3.63) is 27.7 Å². The van der Waals surface area contributed by atoms with Crippen LogP contribution in [0.5, 0.6) is 0 Å². The van der Waals surface area contributed by atoms with Gasteiger partial charge in [-0.15, -0.1) is 0 Å². The zero-order valence-corrected chi connectivity index (χ0v) is 14.4. The van der Waals surface area contributed by atoms with Crippen LogP contribution in [0.2, 0.25) is 0 Å². The Bertz CT molecular complexity index is 653. The van der Waals surface area contributed by atoms with Crippen molar-refractivity contribution in [2.75, 3.05) is 13.2 Å². The number of hydrogen-bond acceptors (Lipinski definition) is 5. The van der Waals surface area contributed by atoms with E-state index in [0.29, 0.717) is 11.1 Å². The minimum Gasteiger partial charge on any atom is -0.459 e. The van der Waals surface area contributed by atoms with E-state index in [1.165, 1.54) is 19.1 Å². The largest absolute Gasteiger partial charge is 0.459 e. The van der Waals surface area contributed by atoms with Gasteiger partial charge in [-0.3, -0.25) is 0 Å². The lowest BCUT2D eigenvalue weighted by molar-refractivity contribution is 0.0160.